The molecular weight excluding hydrogens is 296 g/mol. The Labute approximate surface area is 133 Å². The van der Waals surface area contributed by atoms with Gasteiger partial charge in [-0.3, -0.25) is 0 Å². The quantitative estimate of drug-likeness (QED) is 0.774. The van der Waals surface area contributed by atoms with E-state index in [9.17, 15) is 0 Å². The number of rotatable bonds is 5. The molecular formula is C17H16N2O2S. The summed E-state index contributed by atoms with van der Waals surface area (Å²) in [5.74, 6) is 1.51. The zero-order valence-corrected chi connectivity index (χ0v) is 13.0. The van der Waals surface area contributed by atoms with Gasteiger partial charge in [-0.15, -0.1) is 0 Å². The molecule has 0 aliphatic carbocycles. The van der Waals surface area contributed by atoms with E-state index < -0.39 is 0 Å². The first-order chi connectivity index (χ1) is 10.8. The SMILES string of the molecule is COc1cc(OCc2ccccc2)ccc1-c1cnc(N)s1. The maximum Gasteiger partial charge on any atom is 0.180 e. The van der Waals surface area contributed by atoms with E-state index >= 15 is 0 Å². The number of nitrogens with two attached hydrogens (primary N) is 1. The number of hydrogen-bond acceptors (Lipinski definition) is 5. The van der Waals surface area contributed by atoms with E-state index in [1.807, 2.05) is 48.5 Å². The maximum absolute atomic E-state index is 5.81. The lowest BCUT2D eigenvalue weighted by Gasteiger charge is -2.11. The van der Waals surface area contributed by atoms with Crippen LogP contribution in [0, 0.1) is 0 Å². The van der Waals surface area contributed by atoms with Crippen LogP contribution in [0.1, 0.15) is 5.56 Å². The Kier molecular flexibility index (Phi) is 4.25. The summed E-state index contributed by atoms with van der Waals surface area (Å²) in [7, 11) is 1.64. The highest BCUT2D eigenvalue weighted by atomic mass is 32.1. The average Bonchev–Trinajstić information content (AvgIpc) is 3.00. The van der Waals surface area contributed by atoms with Crippen molar-refractivity contribution in [2.75, 3.05) is 12.8 Å². The van der Waals surface area contributed by atoms with Gasteiger partial charge >= 0.3 is 0 Å². The molecule has 1 heterocycles. The van der Waals surface area contributed by atoms with Crippen LogP contribution in [0.5, 0.6) is 11.5 Å². The molecule has 3 rings (SSSR count). The van der Waals surface area contributed by atoms with E-state index in [0.29, 0.717) is 11.7 Å². The fourth-order valence-electron chi connectivity index (χ4n) is 2.12. The highest BCUT2D eigenvalue weighted by Crippen LogP contribution is 2.36. The van der Waals surface area contributed by atoms with Crippen molar-refractivity contribution in [3.8, 4) is 21.9 Å². The largest absolute Gasteiger partial charge is 0.496 e. The predicted octanol–water partition coefficient (Wildman–Crippen LogP) is 3.98. The van der Waals surface area contributed by atoms with Crippen molar-refractivity contribution in [1.29, 1.82) is 0 Å². The summed E-state index contributed by atoms with van der Waals surface area (Å²) >= 11 is 1.43. The molecule has 0 fully saturated rings. The van der Waals surface area contributed by atoms with E-state index in [2.05, 4.69) is 4.98 Å². The van der Waals surface area contributed by atoms with Crippen molar-refractivity contribution in [3.05, 3.63) is 60.3 Å². The fraction of sp³-hybridized carbons (Fsp3) is 0.118. The lowest BCUT2D eigenvalue weighted by Crippen LogP contribution is -1.96. The number of ether oxygens (including phenoxy) is 2. The molecule has 0 bridgehead atoms. The first-order valence-electron chi connectivity index (χ1n) is 6.82. The standard InChI is InChI=1S/C17H16N2O2S/c1-20-15-9-13(21-11-12-5-3-2-4-6-12)7-8-14(15)16-10-19-17(18)22-16/h2-10H,11H2,1H3,(H2,18,19). The van der Waals surface area contributed by atoms with Crippen molar-refractivity contribution in [1.82, 2.24) is 4.98 Å². The van der Waals surface area contributed by atoms with Gasteiger partial charge in [0, 0.05) is 17.8 Å². The Morgan fingerprint density at radius 3 is 2.64 bits per heavy atom. The molecule has 0 saturated carbocycles. The van der Waals surface area contributed by atoms with Gasteiger partial charge in [0.25, 0.3) is 0 Å². The van der Waals surface area contributed by atoms with Crippen molar-refractivity contribution in [2.24, 2.45) is 0 Å². The molecule has 1 aromatic heterocycles. The van der Waals surface area contributed by atoms with Crippen LogP contribution in [-0.2, 0) is 6.61 Å². The van der Waals surface area contributed by atoms with Gasteiger partial charge in [-0.05, 0) is 17.7 Å². The third-order valence-electron chi connectivity index (χ3n) is 3.21. The average molecular weight is 312 g/mol. The Bertz CT molecular complexity index is 756. The first kappa shape index (κ1) is 14.4. The number of hydrogen-bond donors (Lipinski definition) is 1. The molecule has 0 aliphatic rings. The molecule has 2 N–H and O–H groups in total. The molecule has 0 aliphatic heterocycles. The van der Waals surface area contributed by atoms with Crippen molar-refractivity contribution < 1.29 is 9.47 Å². The molecule has 0 radical (unpaired) electrons. The van der Waals surface area contributed by atoms with Crippen LogP contribution in [0.25, 0.3) is 10.4 Å². The number of anilines is 1. The summed E-state index contributed by atoms with van der Waals surface area (Å²) in [5, 5.41) is 0.543. The summed E-state index contributed by atoms with van der Waals surface area (Å²) in [5.41, 5.74) is 7.78. The van der Waals surface area contributed by atoms with Crippen LogP contribution < -0.4 is 15.2 Å². The normalized spacial score (nSPS) is 10.4. The molecule has 2 aromatic carbocycles. The Morgan fingerprint density at radius 2 is 1.95 bits per heavy atom. The van der Waals surface area contributed by atoms with Crippen LogP contribution >= 0.6 is 11.3 Å². The molecule has 0 amide bonds. The summed E-state index contributed by atoms with van der Waals surface area (Å²) in [6.45, 7) is 0.525. The van der Waals surface area contributed by atoms with Crippen LogP contribution in [0.3, 0.4) is 0 Å². The van der Waals surface area contributed by atoms with E-state index in [1.54, 1.807) is 13.3 Å². The Balaban J connectivity index is 1.79. The Morgan fingerprint density at radius 1 is 1.14 bits per heavy atom. The monoisotopic (exact) mass is 312 g/mol. The number of thiazole rings is 1. The van der Waals surface area contributed by atoms with Gasteiger partial charge in [0.15, 0.2) is 5.13 Å². The third kappa shape index (κ3) is 3.20. The maximum atomic E-state index is 5.81. The molecule has 4 nitrogen and oxygen atoms in total. The number of methoxy groups -OCH3 is 1. The summed E-state index contributed by atoms with van der Waals surface area (Å²) in [4.78, 5) is 5.05. The minimum atomic E-state index is 0.525. The van der Waals surface area contributed by atoms with Gasteiger partial charge < -0.3 is 15.2 Å². The van der Waals surface area contributed by atoms with Crippen LogP contribution in [0.15, 0.2) is 54.7 Å². The number of aromatic nitrogens is 1. The molecule has 0 unspecified atom stereocenters. The molecule has 112 valence electrons. The van der Waals surface area contributed by atoms with Crippen molar-refractivity contribution in [3.63, 3.8) is 0 Å². The smallest absolute Gasteiger partial charge is 0.180 e. The van der Waals surface area contributed by atoms with E-state index in [1.165, 1.54) is 11.3 Å². The zero-order chi connectivity index (χ0) is 15.4. The molecule has 0 atom stereocenters. The van der Waals surface area contributed by atoms with Crippen LogP contribution in [0.4, 0.5) is 5.13 Å². The van der Waals surface area contributed by atoms with Gasteiger partial charge in [-0.1, -0.05) is 41.7 Å². The number of nitrogens with zero attached hydrogens (tertiary/aromatic N) is 1. The van der Waals surface area contributed by atoms with Gasteiger partial charge in [-0.25, -0.2) is 4.98 Å². The second-order valence-electron chi connectivity index (χ2n) is 4.70. The zero-order valence-electron chi connectivity index (χ0n) is 12.2. The highest BCUT2D eigenvalue weighted by molar-refractivity contribution is 7.18. The number of nitrogen functional groups attached to an aromatic ring is 1. The second-order valence-corrected chi connectivity index (χ2v) is 5.76. The topological polar surface area (TPSA) is 57.4 Å². The first-order valence-corrected chi connectivity index (χ1v) is 7.64. The molecule has 0 saturated heterocycles. The summed E-state index contributed by atoms with van der Waals surface area (Å²) < 4.78 is 11.3. The van der Waals surface area contributed by atoms with Gasteiger partial charge in [-0.2, -0.15) is 0 Å². The lowest BCUT2D eigenvalue weighted by atomic mass is 10.1. The van der Waals surface area contributed by atoms with E-state index in [4.69, 9.17) is 15.2 Å². The van der Waals surface area contributed by atoms with Crippen LogP contribution in [-0.4, -0.2) is 12.1 Å². The molecule has 0 spiro atoms. The highest BCUT2D eigenvalue weighted by Gasteiger charge is 2.10. The minimum Gasteiger partial charge on any atom is -0.496 e. The fourth-order valence-corrected chi connectivity index (χ4v) is 2.83. The van der Waals surface area contributed by atoms with Gasteiger partial charge in [0.05, 0.1) is 12.0 Å². The van der Waals surface area contributed by atoms with Crippen molar-refractivity contribution in [2.45, 2.75) is 6.61 Å². The van der Waals surface area contributed by atoms with Crippen molar-refractivity contribution >= 4 is 16.5 Å². The second kappa shape index (κ2) is 6.49. The third-order valence-corrected chi connectivity index (χ3v) is 4.07. The Hall–Kier alpha value is -2.53. The van der Waals surface area contributed by atoms with E-state index in [-0.39, 0.29) is 0 Å². The number of benzene rings is 2. The predicted molar refractivity (Wildman–Crippen MR) is 89.3 cm³/mol. The molecule has 5 heteroatoms. The molecule has 3 aromatic rings. The minimum absolute atomic E-state index is 0.525. The van der Waals surface area contributed by atoms with Gasteiger partial charge in [0.2, 0.25) is 0 Å². The van der Waals surface area contributed by atoms with E-state index in [0.717, 1.165) is 27.5 Å². The lowest BCUT2D eigenvalue weighted by molar-refractivity contribution is 0.304. The van der Waals surface area contributed by atoms with Crippen LogP contribution in [0.2, 0.25) is 0 Å². The summed E-state index contributed by atoms with van der Waals surface area (Å²) in [6.07, 6.45) is 1.75. The molecule has 22 heavy (non-hydrogen) atoms. The summed E-state index contributed by atoms with van der Waals surface area (Å²) in [6, 6.07) is 15.8. The van der Waals surface area contributed by atoms with Gasteiger partial charge in [0.1, 0.15) is 18.1 Å².